The highest BCUT2D eigenvalue weighted by Crippen LogP contribution is 2.32. The van der Waals surface area contributed by atoms with Crippen LogP contribution in [-0.2, 0) is 19.1 Å². The minimum atomic E-state index is -0.586. The van der Waals surface area contributed by atoms with Crippen molar-refractivity contribution in [2.45, 2.75) is 32.9 Å². The van der Waals surface area contributed by atoms with Gasteiger partial charge in [-0.15, -0.1) is 0 Å². The number of hydrogen-bond donors (Lipinski definition) is 1. The average molecular weight is 459 g/mol. The lowest BCUT2D eigenvalue weighted by molar-refractivity contribution is -0.139. The van der Waals surface area contributed by atoms with Gasteiger partial charge in [0.25, 0.3) is 0 Å². The lowest BCUT2D eigenvalue weighted by atomic mass is 9.94. The molecule has 3 rings (SSSR count). The minimum Gasteiger partial charge on any atom is -0.463 e. The van der Waals surface area contributed by atoms with E-state index in [4.69, 9.17) is 9.47 Å². The summed E-state index contributed by atoms with van der Waals surface area (Å²) in [5.41, 5.74) is 1.93. The summed E-state index contributed by atoms with van der Waals surface area (Å²) >= 11 is 0. The molecule has 33 heavy (non-hydrogen) atoms. The van der Waals surface area contributed by atoms with Gasteiger partial charge in [0, 0.05) is 51.6 Å². The fourth-order valence-corrected chi connectivity index (χ4v) is 4.52. The van der Waals surface area contributed by atoms with Gasteiger partial charge in [-0.25, -0.2) is 9.59 Å². The Morgan fingerprint density at radius 3 is 2.48 bits per heavy atom. The van der Waals surface area contributed by atoms with Crippen molar-refractivity contribution in [1.82, 2.24) is 20.0 Å². The fraction of sp³-hybridized carbons (Fsp3) is 0.542. The summed E-state index contributed by atoms with van der Waals surface area (Å²) in [4.78, 5) is 44.1. The van der Waals surface area contributed by atoms with Gasteiger partial charge >= 0.3 is 12.0 Å². The van der Waals surface area contributed by atoms with Gasteiger partial charge in [0.1, 0.15) is 6.61 Å². The van der Waals surface area contributed by atoms with E-state index < -0.39 is 12.0 Å². The summed E-state index contributed by atoms with van der Waals surface area (Å²) in [6, 6.07) is 8.62. The third kappa shape index (κ3) is 5.54. The Labute approximate surface area is 195 Å². The molecule has 0 aromatic heterocycles. The van der Waals surface area contributed by atoms with E-state index in [1.807, 2.05) is 49.1 Å². The van der Waals surface area contributed by atoms with Crippen LogP contribution in [0.5, 0.6) is 0 Å². The van der Waals surface area contributed by atoms with Crippen LogP contribution in [0.3, 0.4) is 0 Å². The molecule has 1 aromatic rings. The van der Waals surface area contributed by atoms with Crippen molar-refractivity contribution in [3.8, 4) is 0 Å². The summed E-state index contributed by atoms with van der Waals surface area (Å²) in [6.45, 7) is 8.62. The summed E-state index contributed by atoms with van der Waals surface area (Å²) in [5, 5.41) is 2.98. The zero-order valence-corrected chi connectivity index (χ0v) is 19.9. The zero-order valence-electron chi connectivity index (χ0n) is 19.9. The van der Waals surface area contributed by atoms with E-state index in [0.717, 1.165) is 5.56 Å². The number of methoxy groups -OCH3 is 1. The Hall–Kier alpha value is -2.91. The van der Waals surface area contributed by atoms with Crippen LogP contribution in [-0.4, -0.2) is 91.7 Å². The molecule has 0 radical (unpaired) electrons. The number of rotatable bonds is 8. The van der Waals surface area contributed by atoms with Gasteiger partial charge in [-0.1, -0.05) is 30.3 Å². The van der Waals surface area contributed by atoms with E-state index in [-0.39, 0.29) is 31.2 Å². The summed E-state index contributed by atoms with van der Waals surface area (Å²) in [7, 11) is 1.51. The monoisotopic (exact) mass is 458 g/mol. The molecule has 0 bridgehead atoms. The molecular weight excluding hydrogens is 424 g/mol. The number of piperazine rings is 1. The third-order valence-corrected chi connectivity index (χ3v) is 6.06. The van der Waals surface area contributed by atoms with Gasteiger partial charge in [0.2, 0.25) is 5.91 Å². The van der Waals surface area contributed by atoms with E-state index in [0.29, 0.717) is 44.0 Å². The van der Waals surface area contributed by atoms with Crippen molar-refractivity contribution in [2.24, 2.45) is 0 Å². The number of carbonyl (C=O) groups is 3. The predicted octanol–water partition coefficient (Wildman–Crippen LogP) is 1.77. The van der Waals surface area contributed by atoms with Crippen LogP contribution < -0.4 is 5.32 Å². The van der Waals surface area contributed by atoms with Crippen LogP contribution in [0.4, 0.5) is 4.79 Å². The third-order valence-electron chi connectivity index (χ3n) is 6.06. The highest BCUT2D eigenvalue weighted by Gasteiger charge is 2.39. The second-order valence-electron chi connectivity index (χ2n) is 8.22. The van der Waals surface area contributed by atoms with E-state index in [1.165, 1.54) is 7.11 Å². The normalized spacial score (nSPS) is 21.8. The molecule has 2 aliphatic heterocycles. The Kier molecular flexibility index (Phi) is 8.46. The number of amides is 3. The molecule has 0 unspecified atom stereocenters. The summed E-state index contributed by atoms with van der Waals surface area (Å²) < 4.78 is 10.4. The first-order chi connectivity index (χ1) is 15.9. The molecule has 0 spiro atoms. The van der Waals surface area contributed by atoms with Gasteiger partial charge in [-0.2, -0.15) is 0 Å². The number of nitrogens with zero attached hydrogens (tertiary/aromatic N) is 3. The van der Waals surface area contributed by atoms with Crippen LogP contribution in [0, 0.1) is 0 Å². The molecule has 1 aromatic carbocycles. The largest absolute Gasteiger partial charge is 0.463 e. The van der Waals surface area contributed by atoms with Gasteiger partial charge < -0.3 is 19.7 Å². The first-order valence-electron chi connectivity index (χ1n) is 11.4. The first kappa shape index (κ1) is 24.7. The lowest BCUT2D eigenvalue weighted by Gasteiger charge is -2.42. The minimum absolute atomic E-state index is 0.00884. The maximum absolute atomic E-state index is 13.1. The Morgan fingerprint density at radius 1 is 1.15 bits per heavy atom. The molecule has 0 saturated carbocycles. The standard InChI is InChI=1S/C24H34N4O5/c1-5-27-19(15-26-12-13-28(17(3)14-26)20(29)16-32-4)21(23(30)33-6-2)22(25-24(27)31)18-10-8-7-9-11-18/h7-11,17,22H,5-6,12-16H2,1-4H3,(H,25,31)/t17-,22-/m1/s1. The van der Waals surface area contributed by atoms with Crippen molar-refractivity contribution >= 4 is 17.9 Å². The molecule has 2 heterocycles. The van der Waals surface area contributed by atoms with Gasteiger partial charge in [-0.3, -0.25) is 14.6 Å². The van der Waals surface area contributed by atoms with E-state index >= 15 is 0 Å². The van der Waals surface area contributed by atoms with Crippen molar-refractivity contribution in [3.05, 3.63) is 47.2 Å². The van der Waals surface area contributed by atoms with Gasteiger partial charge in [0.05, 0.1) is 18.2 Å². The smallest absolute Gasteiger partial charge is 0.338 e. The number of benzene rings is 1. The molecule has 180 valence electrons. The number of esters is 1. The van der Waals surface area contributed by atoms with Crippen LogP contribution in [0.15, 0.2) is 41.6 Å². The number of nitrogens with one attached hydrogen (secondary N) is 1. The molecule has 1 fully saturated rings. The molecule has 0 aliphatic carbocycles. The summed E-state index contributed by atoms with van der Waals surface area (Å²) in [6.07, 6.45) is 0. The van der Waals surface area contributed by atoms with E-state index in [1.54, 1.807) is 11.8 Å². The van der Waals surface area contributed by atoms with E-state index in [9.17, 15) is 14.4 Å². The van der Waals surface area contributed by atoms with Crippen LogP contribution in [0.25, 0.3) is 0 Å². The predicted molar refractivity (Wildman–Crippen MR) is 123 cm³/mol. The molecule has 9 nitrogen and oxygen atoms in total. The molecule has 2 atom stereocenters. The molecular formula is C24H34N4O5. The van der Waals surface area contributed by atoms with Crippen molar-refractivity contribution in [2.75, 3.05) is 53.0 Å². The highest BCUT2D eigenvalue weighted by molar-refractivity contribution is 5.95. The molecule has 2 aliphatic rings. The maximum Gasteiger partial charge on any atom is 0.338 e. The van der Waals surface area contributed by atoms with Crippen molar-refractivity contribution in [1.29, 1.82) is 0 Å². The first-order valence-corrected chi connectivity index (χ1v) is 11.4. The number of likely N-dealkylation sites (N-methyl/N-ethyl adjacent to an activating group) is 1. The Balaban J connectivity index is 1.94. The van der Waals surface area contributed by atoms with Crippen molar-refractivity contribution in [3.63, 3.8) is 0 Å². The number of urea groups is 1. The quantitative estimate of drug-likeness (QED) is 0.597. The van der Waals surface area contributed by atoms with Crippen LogP contribution >= 0.6 is 0 Å². The molecule has 1 N–H and O–H groups in total. The molecule has 3 amide bonds. The molecule has 1 saturated heterocycles. The molecule has 9 heteroatoms. The van der Waals surface area contributed by atoms with Crippen molar-refractivity contribution < 1.29 is 23.9 Å². The highest BCUT2D eigenvalue weighted by atomic mass is 16.5. The number of ether oxygens (including phenoxy) is 2. The topological polar surface area (TPSA) is 91.4 Å². The summed E-state index contributed by atoms with van der Waals surface area (Å²) in [5.74, 6) is -0.464. The van der Waals surface area contributed by atoms with Gasteiger partial charge in [-0.05, 0) is 26.3 Å². The fourth-order valence-electron chi connectivity index (χ4n) is 4.52. The van der Waals surface area contributed by atoms with E-state index in [2.05, 4.69) is 10.2 Å². The maximum atomic E-state index is 13.1. The Bertz CT molecular complexity index is 888. The second-order valence-corrected chi connectivity index (χ2v) is 8.22. The number of carbonyl (C=O) groups excluding carboxylic acids is 3. The van der Waals surface area contributed by atoms with Crippen LogP contribution in [0.2, 0.25) is 0 Å². The second kappa shape index (κ2) is 11.3. The Morgan fingerprint density at radius 2 is 1.88 bits per heavy atom. The number of hydrogen-bond acceptors (Lipinski definition) is 6. The zero-order chi connectivity index (χ0) is 24.0. The van der Waals surface area contributed by atoms with Crippen LogP contribution in [0.1, 0.15) is 32.4 Å². The average Bonchev–Trinajstić information content (AvgIpc) is 2.79. The SMILES string of the molecule is CCOC(=O)C1=C(CN2CCN(C(=O)COC)[C@H](C)C2)N(CC)C(=O)N[C@@H]1c1ccccc1. The van der Waals surface area contributed by atoms with Gasteiger partial charge in [0.15, 0.2) is 0 Å². The lowest BCUT2D eigenvalue weighted by Crippen LogP contribution is -2.57.